The highest BCUT2D eigenvalue weighted by Crippen LogP contribution is 2.24. The molecule has 1 aliphatic rings. The molecule has 0 aliphatic carbocycles. The van der Waals surface area contributed by atoms with Gasteiger partial charge in [-0.2, -0.15) is 5.26 Å². The zero-order valence-electron chi connectivity index (χ0n) is 16.1. The number of hydrogen-bond donors (Lipinski definition) is 3. The van der Waals surface area contributed by atoms with Gasteiger partial charge >= 0.3 is 6.03 Å². The number of aromatic nitrogens is 1. The molecule has 0 spiro atoms. The van der Waals surface area contributed by atoms with Crippen LogP contribution in [0.25, 0.3) is 0 Å². The molecule has 0 radical (unpaired) electrons. The summed E-state index contributed by atoms with van der Waals surface area (Å²) in [7, 11) is 0. The van der Waals surface area contributed by atoms with Gasteiger partial charge in [0.05, 0.1) is 5.56 Å². The summed E-state index contributed by atoms with van der Waals surface area (Å²) >= 11 is 0. The molecule has 28 heavy (non-hydrogen) atoms. The first kappa shape index (κ1) is 19.5. The topological polar surface area (TPSA) is 93.1 Å². The minimum absolute atomic E-state index is 0.261. The number of urea groups is 1. The van der Waals surface area contributed by atoms with E-state index in [4.69, 9.17) is 5.26 Å². The average molecular weight is 378 g/mol. The van der Waals surface area contributed by atoms with Gasteiger partial charge in [0.1, 0.15) is 11.9 Å². The Bertz CT molecular complexity index is 822. The molecule has 0 atom stereocenters. The Morgan fingerprint density at radius 3 is 2.68 bits per heavy atom. The van der Waals surface area contributed by atoms with Crippen molar-refractivity contribution < 1.29 is 4.79 Å². The number of benzene rings is 1. The fraction of sp³-hybridized carbons (Fsp3) is 0.381. The van der Waals surface area contributed by atoms with Crippen LogP contribution in [0.1, 0.15) is 25.3 Å². The number of amides is 2. The van der Waals surface area contributed by atoms with Gasteiger partial charge in [0.25, 0.3) is 0 Å². The third-order valence-electron chi connectivity index (χ3n) is 4.91. The Morgan fingerprint density at radius 1 is 1.21 bits per heavy atom. The minimum atomic E-state index is -0.261. The molecular weight excluding hydrogens is 352 g/mol. The summed E-state index contributed by atoms with van der Waals surface area (Å²) in [5, 5.41) is 17.7. The van der Waals surface area contributed by atoms with Crippen LogP contribution in [-0.4, -0.2) is 37.2 Å². The zero-order valence-corrected chi connectivity index (χ0v) is 16.1. The summed E-state index contributed by atoms with van der Waals surface area (Å²) in [6.45, 7) is 5.37. The van der Waals surface area contributed by atoms with Crippen LogP contribution in [-0.2, 0) is 0 Å². The second-order valence-electron chi connectivity index (χ2n) is 7.04. The molecule has 0 unspecified atom stereocenters. The van der Waals surface area contributed by atoms with Crippen LogP contribution >= 0.6 is 0 Å². The van der Waals surface area contributed by atoms with E-state index >= 15 is 0 Å². The molecule has 1 aromatic carbocycles. The first-order chi connectivity index (χ1) is 13.7. The van der Waals surface area contributed by atoms with Gasteiger partial charge in [0.15, 0.2) is 0 Å². The molecular formula is C21H26N6O. The number of carbonyl (C=O) groups is 1. The standard InChI is InChI=1S/C21H26N6O/c1-16-8-13-27(14-9-16)19-6-4-18(5-7-19)26-21(28)25-12-11-24-20-17(15-22)3-2-10-23-20/h2-7,10,16H,8-9,11-14H2,1H3,(H,23,24)(H2,25,26,28). The Hall–Kier alpha value is -3.27. The molecule has 0 saturated carbocycles. The van der Waals surface area contributed by atoms with E-state index in [1.165, 1.54) is 18.5 Å². The highest BCUT2D eigenvalue weighted by atomic mass is 16.2. The van der Waals surface area contributed by atoms with E-state index in [0.717, 1.165) is 24.7 Å². The lowest BCUT2D eigenvalue weighted by Gasteiger charge is -2.32. The van der Waals surface area contributed by atoms with Crippen molar-refractivity contribution in [1.29, 1.82) is 5.26 Å². The monoisotopic (exact) mass is 378 g/mol. The Kier molecular flexibility index (Phi) is 6.68. The quantitative estimate of drug-likeness (QED) is 0.670. The second kappa shape index (κ2) is 9.60. The molecule has 7 nitrogen and oxygen atoms in total. The van der Waals surface area contributed by atoms with Crippen LogP contribution in [0, 0.1) is 17.2 Å². The normalized spacial score (nSPS) is 14.2. The highest BCUT2D eigenvalue weighted by Gasteiger charge is 2.15. The van der Waals surface area contributed by atoms with Gasteiger partial charge in [0.2, 0.25) is 0 Å². The number of anilines is 3. The van der Waals surface area contributed by atoms with Gasteiger partial charge in [-0.05, 0) is 55.2 Å². The van der Waals surface area contributed by atoms with Gasteiger partial charge in [-0.3, -0.25) is 0 Å². The van der Waals surface area contributed by atoms with Crippen LogP contribution < -0.4 is 20.9 Å². The molecule has 146 valence electrons. The number of piperidine rings is 1. The maximum absolute atomic E-state index is 12.0. The number of carbonyl (C=O) groups excluding carboxylic acids is 1. The summed E-state index contributed by atoms with van der Waals surface area (Å²) < 4.78 is 0. The maximum Gasteiger partial charge on any atom is 0.319 e. The fourth-order valence-electron chi connectivity index (χ4n) is 3.19. The van der Waals surface area contributed by atoms with E-state index < -0.39 is 0 Å². The van der Waals surface area contributed by atoms with E-state index in [2.05, 4.69) is 51.0 Å². The summed E-state index contributed by atoms with van der Waals surface area (Å²) in [6.07, 6.45) is 4.08. The Morgan fingerprint density at radius 2 is 1.96 bits per heavy atom. The Balaban J connectivity index is 1.40. The third-order valence-corrected chi connectivity index (χ3v) is 4.91. The fourth-order valence-corrected chi connectivity index (χ4v) is 3.19. The van der Waals surface area contributed by atoms with E-state index in [1.54, 1.807) is 18.3 Å². The number of hydrogen-bond acceptors (Lipinski definition) is 5. The molecule has 2 amide bonds. The first-order valence-electron chi connectivity index (χ1n) is 9.64. The van der Waals surface area contributed by atoms with Gasteiger partial charge in [-0.15, -0.1) is 0 Å². The van der Waals surface area contributed by atoms with E-state index in [-0.39, 0.29) is 6.03 Å². The number of nitrogens with zero attached hydrogens (tertiary/aromatic N) is 3. The average Bonchev–Trinajstić information content (AvgIpc) is 2.73. The lowest BCUT2D eigenvalue weighted by molar-refractivity contribution is 0.252. The van der Waals surface area contributed by atoms with Gasteiger partial charge in [-0.25, -0.2) is 9.78 Å². The van der Waals surface area contributed by atoms with E-state index in [9.17, 15) is 4.79 Å². The lowest BCUT2D eigenvalue weighted by atomic mass is 9.99. The smallest absolute Gasteiger partial charge is 0.319 e. The predicted molar refractivity (Wildman–Crippen MR) is 112 cm³/mol. The van der Waals surface area contributed by atoms with Crippen molar-refractivity contribution >= 4 is 23.2 Å². The molecule has 2 heterocycles. The summed E-state index contributed by atoms with van der Waals surface area (Å²) in [6, 6.07) is 13.2. The number of rotatable bonds is 6. The predicted octanol–water partition coefficient (Wildman–Crippen LogP) is 3.42. The number of nitrogens with one attached hydrogen (secondary N) is 3. The molecule has 1 fully saturated rings. The molecule has 3 rings (SSSR count). The molecule has 0 bridgehead atoms. The van der Waals surface area contributed by atoms with Crippen molar-refractivity contribution in [2.45, 2.75) is 19.8 Å². The summed E-state index contributed by atoms with van der Waals surface area (Å²) in [4.78, 5) is 18.6. The third kappa shape index (κ3) is 5.36. The van der Waals surface area contributed by atoms with Crippen LogP contribution in [0.5, 0.6) is 0 Å². The Labute approximate surface area is 165 Å². The van der Waals surface area contributed by atoms with Crippen molar-refractivity contribution in [2.75, 3.05) is 41.7 Å². The molecule has 1 aromatic heterocycles. The highest BCUT2D eigenvalue weighted by molar-refractivity contribution is 5.89. The van der Waals surface area contributed by atoms with E-state index in [1.807, 2.05) is 12.1 Å². The number of nitriles is 1. The summed E-state index contributed by atoms with van der Waals surface area (Å²) in [5.74, 6) is 1.33. The van der Waals surface area contributed by atoms with Crippen molar-refractivity contribution in [2.24, 2.45) is 5.92 Å². The molecule has 1 saturated heterocycles. The second-order valence-corrected chi connectivity index (χ2v) is 7.04. The zero-order chi connectivity index (χ0) is 19.8. The van der Waals surface area contributed by atoms with Crippen LogP contribution in [0.3, 0.4) is 0 Å². The first-order valence-corrected chi connectivity index (χ1v) is 9.64. The van der Waals surface area contributed by atoms with Gasteiger partial charge < -0.3 is 20.9 Å². The largest absolute Gasteiger partial charge is 0.372 e. The van der Waals surface area contributed by atoms with Crippen molar-refractivity contribution in [3.05, 3.63) is 48.2 Å². The van der Waals surface area contributed by atoms with Crippen molar-refractivity contribution in [1.82, 2.24) is 10.3 Å². The lowest BCUT2D eigenvalue weighted by Crippen LogP contribution is -2.33. The molecule has 7 heteroatoms. The van der Waals surface area contributed by atoms with E-state index in [0.29, 0.717) is 24.5 Å². The molecule has 3 N–H and O–H groups in total. The number of pyridine rings is 1. The summed E-state index contributed by atoms with van der Waals surface area (Å²) in [5.41, 5.74) is 2.44. The minimum Gasteiger partial charge on any atom is -0.372 e. The maximum atomic E-state index is 12.0. The van der Waals surface area contributed by atoms with Crippen molar-refractivity contribution in [3.8, 4) is 6.07 Å². The van der Waals surface area contributed by atoms with Crippen LogP contribution in [0.4, 0.5) is 22.0 Å². The molecule has 2 aromatic rings. The van der Waals surface area contributed by atoms with Gasteiger partial charge in [-0.1, -0.05) is 6.92 Å². The molecule has 1 aliphatic heterocycles. The van der Waals surface area contributed by atoms with Gasteiger partial charge in [0, 0.05) is 43.8 Å². The SMILES string of the molecule is CC1CCN(c2ccc(NC(=O)NCCNc3ncccc3C#N)cc2)CC1. The van der Waals surface area contributed by atoms with Crippen molar-refractivity contribution in [3.63, 3.8) is 0 Å². The van der Waals surface area contributed by atoms with Crippen LogP contribution in [0.2, 0.25) is 0 Å². The van der Waals surface area contributed by atoms with Crippen LogP contribution in [0.15, 0.2) is 42.6 Å².